The Kier molecular flexibility index (Phi) is 8.63. The molecule has 148 valence electrons. The molecule has 0 atom stereocenters. The highest BCUT2D eigenvalue weighted by Crippen LogP contribution is 2.28. The molecular formula is C19H35IN6. The fraction of sp³-hybridized carbons (Fsp3) is 0.842. The van der Waals surface area contributed by atoms with Crippen molar-refractivity contribution >= 4 is 29.9 Å². The Morgan fingerprint density at radius 3 is 2.73 bits per heavy atom. The zero-order chi connectivity index (χ0) is 17.6. The summed E-state index contributed by atoms with van der Waals surface area (Å²) in [6.45, 7) is 8.15. The second kappa shape index (κ2) is 10.5. The summed E-state index contributed by atoms with van der Waals surface area (Å²) in [4.78, 5) is 7.16. The molecule has 1 N–H and O–H groups in total. The lowest BCUT2D eigenvalue weighted by Crippen LogP contribution is -2.41. The molecule has 0 radical (unpaired) electrons. The number of hydrogen-bond donors (Lipinski definition) is 1. The van der Waals surface area contributed by atoms with Gasteiger partial charge in [-0.05, 0) is 44.4 Å². The third-order valence-corrected chi connectivity index (χ3v) is 5.67. The van der Waals surface area contributed by atoms with Crippen LogP contribution in [0.1, 0.15) is 64.0 Å². The van der Waals surface area contributed by atoms with E-state index < -0.39 is 0 Å². The van der Waals surface area contributed by atoms with Crippen molar-refractivity contribution in [3.05, 3.63) is 11.6 Å². The molecule has 7 heteroatoms. The average molecular weight is 474 g/mol. The Hall–Kier alpha value is -0.860. The van der Waals surface area contributed by atoms with E-state index in [2.05, 4.69) is 45.9 Å². The first kappa shape index (κ1) is 21.4. The van der Waals surface area contributed by atoms with E-state index in [0.717, 1.165) is 55.5 Å². The van der Waals surface area contributed by atoms with Crippen molar-refractivity contribution in [3.63, 3.8) is 0 Å². The van der Waals surface area contributed by atoms with E-state index in [1.807, 2.05) is 0 Å². The maximum Gasteiger partial charge on any atom is 0.194 e. The molecule has 1 aromatic rings. The Morgan fingerprint density at radius 2 is 2.00 bits per heavy atom. The summed E-state index contributed by atoms with van der Waals surface area (Å²) >= 11 is 0. The highest BCUT2D eigenvalue weighted by molar-refractivity contribution is 14.0. The largest absolute Gasteiger partial charge is 0.357 e. The van der Waals surface area contributed by atoms with Crippen LogP contribution in [0.5, 0.6) is 0 Å². The lowest BCUT2D eigenvalue weighted by atomic mass is 9.83. The number of nitrogens with one attached hydrogen (secondary N) is 1. The highest BCUT2D eigenvalue weighted by Gasteiger charge is 2.21. The zero-order valence-corrected chi connectivity index (χ0v) is 18.9. The van der Waals surface area contributed by atoms with Gasteiger partial charge < -0.3 is 14.8 Å². The summed E-state index contributed by atoms with van der Waals surface area (Å²) in [7, 11) is 2.17. The predicted molar refractivity (Wildman–Crippen MR) is 117 cm³/mol. The van der Waals surface area contributed by atoms with Crippen LogP contribution in [0.3, 0.4) is 0 Å². The van der Waals surface area contributed by atoms with Crippen molar-refractivity contribution in [1.29, 1.82) is 0 Å². The van der Waals surface area contributed by atoms with E-state index in [9.17, 15) is 0 Å². The predicted octanol–water partition coefficient (Wildman–Crippen LogP) is 3.46. The summed E-state index contributed by atoms with van der Waals surface area (Å²) in [5.41, 5.74) is 0. The molecule has 2 aliphatic rings. The number of fused-ring (bicyclic) bond motifs is 1. The van der Waals surface area contributed by atoms with Gasteiger partial charge in [-0.2, -0.15) is 0 Å². The van der Waals surface area contributed by atoms with Crippen LogP contribution >= 0.6 is 24.0 Å². The molecule has 1 fully saturated rings. The molecule has 1 aromatic heterocycles. The number of halogens is 1. The summed E-state index contributed by atoms with van der Waals surface area (Å²) in [5, 5.41) is 12.2. The van der Waals surface area contributed by atoms with Gasteiger partial charge in [0.25, 0.3) is 0 Å². The second-order valence-corrected chi connectivity index (χ2v) is 7.82. The van der Waals surface area contributed by atoms with E-state index in [1.54, 1.807) is 0 Å². The van der Waals surface area contributed by atoms with E-state index in [1.165, 1.54) is 38.5 Å². The quantitative estimate of drug-likeness (QED) is 0.404. The van der Waals surface area contributed by atoms with Crippen LogP contribution in [0.25, 0.3) is 0 Å². The maximum absolute atomic E-state index is 4.85. The van der Waals surface area contributed by atoms with E-state index in [4.69, 9.17) is 4.99 Å². The first-order valence-electron chi connectivity index (χ1n) is 10.1. The summed E-state index contributed by atoms with van der Waals surface area (Å²) in [5.74, 6) is 4.83. The Morgan fingerprint density at radius 1 is 1.23 bits per heavy atom. The third-order valence-electron chi connectivity index (χ3n) is 5.67. The molecule has 26 heavy (non-hydrogen) atoms. The number of nitrogens with zero attached hydrogens (tertiary/aromatic N) is 5. The standard InChI is InChI=1S/C19H34N6.HI/c1-4-20-19(24(3)14-16-10-8-15(2)9-11-16)21-13-18-23-22-17-7-5-6-12-25(17)18;/h15-16H,4-14H2,1-3H3,(H,20,21);1H. The number of aromatic nitrogens is 3. The summed E-state index contributed by atoms with van der Waals surface area (Å²) in [6.07, 6.45) is 8.95. The Balaban J connectivity index is 0.00000243. The van der Waals surface area contributed by atoms with Gasteiger partial charge >= 0.3 is 0 Å². The van der Waals surface area contributed by atoms with Crippen LogP contribution in [-0.4, -0.2) is 45.8 Å². The van der Waals surface area contributed by atoms with Gasteiger partial charge in [0, 0.05) is 33.1 Å². The molecule has 0 bridgehead atoms. The molecule has 0 unspecified atom stereocenters. The minimum Gasteiger partial charge on any atom is -0.357 e. The number of guanidine groups is 1. The molecule has 1 aliphatic carbocycles. The SMILES string of the molecule is CCNC(=NCc1nnc2n1CCCC2)N(C)CC1CCC(C)CC1.I. The van der Waals surface area contributed by atoms with Crippen molar-refractivity contribution in [2.24, 2.45) is 16.8 Å². The minimum atomic E-state index is 0. The van der Waals surface area contributed by atoms with Crippen molar-refractivity contribution in [1.82, 2.24) is 25.0 Å². The van der Waals surface area contributed by atoms with E-state index in [-0.39, 0.29) is 24.0 Å². The Bertz CT molecular complexity index is 577. The molecule has 0 saturated heterocycles. The first-order chi connectivity index (χ1) is 12.2. The fourth-order valence-electron chi connectivity index (χ4n) is 4.09. The van der Waals surface area contributed by atoms with E-state index in [0.29, 0.717) is 6.54 Å². The molecule has 1 aliphatic heterocycles. The number of hydrogen-bond acceptors (Lipinski definition) is 3. The van der Waals surface area contributed by atoms with Crippen molar-refractivity contribution in [2.75, 3.05) is 20.1 Å². The fourth-order valence-corrected chi connectivity index (χ4v) is 4.09. The topological polar surface area (TPSA) is 58.3 Å². The van der Waals surface area contributed by atoms with E-state index >= 15 is 0 Å². The summed E-state index contributed by atoms with van der Waals surface area (Å²) in [6, 6.07) is 0. The third kappa shape index (κ3) is 5.57. The van der Waals surface area contributed by atoms with Crippen molar-refractivity contribution < 1.29 is 0 Å². The normalized spacial score (nSPS) is 23.1. The lowest BCUT2D eigenvalue weighted by molar-refractivity contribution is 0.250. The van der Waals surface area contributed by atoms with Crippen LogP contribution in [0, 0.1) is 11.8 Å². The molecule has 3 rings (SSSR count). The van der Waals surface area contributed by atoms with Crippen LogP contribution in [0.15, 0.2) is 4.99 Å². The van der Waals surface area contributed by atoms with Crippen LogP contribution < -0.4 is 5.32 Å². The first-order valence-corrected chi connectivity index (χ1v) is 10.1. The number of aryl methyl sites for hydroxylation is 1. The van der Waals surface area contributed by atoms with Gasteiger partial charge in [-0.3, -0.25) is 0 Å². The zero-order valence-electron chi connectivity index (χ0n) is 16.6. The van der Waals surface area contributed by atoms with Crippen molar-refractivity contribution in [3.8, 4) is 0 Å². The van der Waals surface area contributed by atoms with Crippen molar-refractivity contribution in [2.45, 2.75) is 71.9 Å². The van der Waals surface area contributed by atoms with Gasteiger partial charge in [0.15, 0.2) is 11.8 Å². The Labute approximate surface area is 175 Å². The molecule has 6 nitrogen and oxygen atoms in total. The molecule has 2 heterocycles. The van der Waals surface area contributed by atoms with Crippen LogP contribution in [0.4, 0.5) is 0 Å². The summed E-state index contributed by atoms with van der Waals surface area (Å²) < 4.78 is 2.26. The number of rotatable bonds is 5. The molecule has 0 amide bonds. The maximum atomic E-state index is 4.85. The average Bonchev–Trinajstić information content (AvgIpc) is 3.04. The van der Waals surface area contributed by atoms with Gasteiger partial charge in [-0.25, -0.2) is 4.99 Å². The van der Waals surface area contributed by atoms with Gasteiger partial charge in [-0.15, -0.1) is 34.2 Å². The number of aliphatic imine (C=N–C) groups is 1. The molecular weight excluding hydrogens is 439 g/mol. The molecule has 0 aromatic carbocycles. The van der Waals surface area contributed by atoms with Crippen LogP contribution in [0.2, 0.25) is 0 Å². The van der Waals surface area contributed by atoms with Gasteiger partial charge in [0.1, 0.15) is 12.4 Å². The molecule has 1 saturated carbocycles. The van der Waals surface area contributed by atoms with Gasteiger partial charge in [0.2, 0.25) is 0 Å². The molecule has 0 spiro atoms. The second-order valence-electron chi connectivity index (χ2n) is 7.82. The van der Waals surface area contributed by atoms with Gasteiger partial charge in [-0.1, -0.05) is 19.8 Å². The highest BCUT2D eigenvalue weighted by atomic mass is 127. The minimum absolute atomic E-state index is 0. The van der Waals surface area contributed by atoms with Gasteiger partial charge in [0.05, 0.1) is 0 Å². The van der Waals surface area contributed by atoms with Crippen LogP contribution in [-0.2, 0) is 19.5 Å². The smallest absolute Gasteiger partial charge is 0.194 e. The lowest BCUT2D eigenvalue weighted by Gasteiger charge is -2.31. The monoisotopic (exact) mass is 474 g/mol.